The van der Waals surface area contributed by atoms with Crippen LogP contribution in [-0.2, 0) is 16.2 Å². The smallest absolute Gasteiger partial charge is 0.238 e. The van der Waals surface area contributed by atoms with Gasteiger partial charge in [0.05, 0.1) is 0 Å². The number of benzene rings is 1. The highest BCUT2D eigenvalue weighted by Gasteiger charge is 2.24. The molecule has 0 amide bonds. The monoisotopic (exact) mass is 275 g/mol. The van der Waals surface area contributed by atoms with Crippen molar-refractivity contribution < 1.29 is 14.3 Å². The Morgan fingerprint density at radius 3 is 2.90 bits per heavy atom. The summed E-state index contributed by atoms with van der Waals surface area (Å²) in [4.78, 5) is 8.90. The van der Waals surface area contributed by atoms with E-state index in [1.54, 1.807) is 0 Å². The Labute approximate surface area is 118 Å². The molecule has 1 unspecified atom stereocenters. The van der Waals surface area contributed by atoms with Crippen LogP contribution in [0.25, 0.3) is 0 Å². The quantitative estimate of drug-likeness (QED) is 0.426. The van der Waals surface area contributed by atoms with Crippen molar-refractivity contribution in [1.82, 2.24) is 0 Å². The molecule has 0 spiro atoms. The van der Waals surface area contributed by atoms with Gasteiger partial charge >= 0.3 is 0 Å². The molecule has 1 aliphatic rings. The first-order valence-electron chi connectivity index (χ1n) is 6.79. The van der Waals surface area contributed by atoms with Crippen LogP contribution in [0, 0.1) is 0 Å². The summed E-state index contributed by atoms with van der Waals surface area (Å²) in [6, 6.07) is 10.4. The average Bonchev–Trinajstić information content (AvgIpc) is 2.95. The molecule has 3 nitrogen and oxygen atoms in total. The van der Waals surface area contributed by atoms with Gasteiger partial charge in [0.2, 0.25) is 5.76 Å². The highest BCUT2D eigenvalue weighted by atomic mass is 19.3. The highest BCUT2D eigenvalue weighted by Crippen LogP contribution is 2.21. The number of aryl methyl sites for hydroxylation is 1. The maximum Gasteiger partial charge on any atom is 0.238 e. The Hall–Kier alpha value is -2.06. The molecule has 0 fully saturated rings. The van der Waals surface area contributed by atoms with Crippen LogP contribution in [0.2, 0.25) is 0 Å². The van der Waals surface area contributed by atoms with Gasteiger partial charge in [0.25, 0.3) is 0 Å². The van der Waals surface area contributed by atoms with Crippen molar-refractivity contribution >= 4 is 5.71 Å². The third-order valence-corrected chi connectivity index (χ3v) is 3.32. The van der Waals surface area contributed by atoms with Gasteiger partial charge in [0, 0.05) is 10.9 Å². The van der Waals surface area contributed by atoms with Crippen LogP contribution >= 0.6 is 0 Å². The number of rotatable bonds is 7. The van der Waals surface area contributed by atoms with Crippen LogP contribution in [0.3, 0.4) is 0 Å². The lowest BCUT2D eigenvalue weighted by atomic mass is 10.0. The van der Waals surface area contributed by atoms with Gasteiger partial charge in [-0.05, 0) is 31.2 Å². The van der Waals surface area contributed by atoms with Gasteiger partial charge in [-0.25, -0.2) is 0 Å². The molecule has 0 radical (unpaired) electrons. The Morgan fingerprint density at radius 1 is 1.40 bits per heavy atom. The summed E-state index contributed by atoms with van der Waals surface area (Å²) in [5, 5.41) is 3.81. The van der Waals surface area contributed by atoms with Crippen LogP contribution in [0.5, 0.6) is 0 Å². The van der Waals surface area contributed by atoms with Gasteiger partial charge in [0.15, 0.2) is 0 Å². The number of unbranched alkanes of at least 4 members (excludes halogenated alkanes) is 1. The fraction of sp³-hybridized carbons (Fsp3) is 0.375. The summed E-state index contributed by atoms with van der Waals surface area (Å²) in [5.74, 6) is -0.0724. The molecule has 0 N–H and O–H groups in total. The summed E-state index contributed by atoms with van der Waals surface area (Å²) >= 11 is 0. The summed E-state index contributed by atoms with van der Waals surface area (Å²) in [6.07, 6.45) is 4.66. The first-order chi connectivity index (χ1) is 9.83. The molecular formula is C16H18FNO2. The molecule has 0 aliphatic carbocycles. The Balaban J connectivity index is 1.66. The molecule has 1 aromatic rings. The average molecular weight is 275 g/mol. The van der Waals surface area contributed by atoms with Crippen LogP contribution in [0.15, 0.2) is 53.6 Å². The molecule has 0 saturated heterocycles. The Morgan fingerprint density at radius 2 is 2.20 bits per heavy atom. The van der Waals surface area contributed by atoms with Crippen molar-refractivity contribution in [1.29, 1.82) is 0 Å². The minimum atomic E-state index is -0.0724. The molecule has 20 heavy (non-hydrogen) atoms. The number of halogens is 1. The molecular weight excluding hydrogens is 257 g/mol. The van der Waals surface area contributed by atoms with Gasteiger partial charge in [-0.3, -0.25) is 4.94 Å². The molecule has 1 aromatic carbocycles. The van der Waals surface area contributed by atoms with E-state index in [2.05, 4.69) is 46.7 Å². The standard InChI is InChI=1S/C16H18FNO2/c1-2-16(19-17)15-12-14(20-18-15)11-7-6-10-13-8-4-3-5-9-13/h3-5,8-9,14H,1,6-7,10-12H2. The van der Waals surface area contributed by atoms with Gasteiger partial charge < -0.3 is 4.84 Å². The zero-order chi connectivity index (χ0) is 14.2. The number of hydrogen-bond acceptors (Lipinski definition) is 3. The first-order valence-corrected chi connectivity index (χ1v) is 6.79. The second kappa shape index (κ2) is 7.51. The molecule has 1 heterocycles. The van der Waals surface area contributed by atoms with E-state index in [0.717, 1.165) is 25.7 Å². The van der Waals surface area contributed by atoms with Gasteiger partial charge in [-0.2, -0.15) is 0 Å². The summed E-state index contributed by atoms with van der Waals surface area (Å²) in [5.41, 5.74) is 4.15. The normalized spacial score (nSPS) is 17.1. The molecule has 0 bridgehead atoms. The summed E-state index contributed by atoms with van der Waals surface area (Å²) in [7, 11) is 0. The van der Waals surface area contributed by atoms with Crippen molar-refractivity contribution in [3.8, 4) is 0 Å². The van der Waals surface area contributed by atoms with E-state index in [9.17, 15) is 4.53 Å². The predicted octanol–water partition coefficient (Wildman–Crippen LogP) is 4.11. The van der Waals surface area contributed by atoms with Crippen molar-refractivity contribution in [3.05, 3.63) is 54.0 Å². The lowest BCUT2D eigenvalue weighted by Crippen LogP contribution is -2.09. The van der Waals surface area contributed by atoms with E-state index in [1.165, 1.54) is 5.56 Å². The number of allylic oxidation sites excluding steroid dienone is 1. The number of hydrogen-bond donors (Lipinski definition) is 0. The van der Waals surface area contributed by atoms with Gasteiger partial charge in [0.1, 0.15) is 11.8 Å². The molecule has 1 aliphatic heterocycles. The fourth-order valence-corrected chi connectivity index (χ4v) is 2.24. The molecule has 1 atom stereocenters. The van der Waals surface area contributed by atoms with E-state index < -0.39 is 0 Å². The van der Waals surface area contributed by atoms with Gasteiger partial charge in [-0.1, -0.05) is 47.8 Å². The van der Waals surface area contributed by atoms with Crippen LogP contribution in [0.1, 0.15) is 31.2 Å². The maximum absolute atomic E-state index is 12.2. The van der Waals surface area contributed by atoms with Crippen molar-refractivity contribution in [2.45, 2.75) is 38.2 Å². The zero-order valence-electron chi connectivity index (χ0n) is 11.3. The Bertz CT molecular complexity index is 506. The summed E-state index contributed by atoms with van der Waals surface area (Å²) < 4.78 is 12.2. The molecule has 0 aromatic heterocycles. The van der Waals surface area contributed by atoms with Gasteiger partial charge in [-0.15, -0.1) is 0 Å². The van der Waals surface area contributed by atoms with Crippen molar-refractivity contribution in [3.63, 3.8) is 0 Å². The summed E-state index contributed by atoms with van der Waals surface area (Å²) in [6.45, 7) is 3.35. The molecule has 4 heteroatoms. The minimum Gasteiger partial charge on any atom is -0.392 e. The van der Waals surface area contributed by atoms with E-state index in [-0.39, 0.29) is 11.9 Å². The second-order valence-electron chi connectivity index (χ2n) is 4.78. The molecule has 2 rings (SSSR count). The number of oxime groups is 1. The Kier molecular flexibility index (Phi) is 5.39. The zero-order valence-corrected chi connectivity index (χ0v) is 11.3. The topological polar surface area (TPSA) is 30.8 Å². The van der Waals surface area contributed by atoms with E-state index >= 15 is 0 Å². The number of nitrogens with zero attached hydrogens (tertiary/aromatic N) is 1. The second-order valence-corrected chi connectivity index (χ2v) is 4.78. The first kappa shape index (κ1) is 14.4. The lowest BCUT2D eigenvalue weighted by Gasteiger charge is -2.07. The SMILES string of the molecule is C=C=C(OF)C1=NOC(CCCCc2ccccc2)C1. The molecule has 0 saturated carbocycles. The predicted molar refractivity (Wildman–Crippen MR) is 75.8 cm³/mol. The van der Waals surface area contributed by atoms with Crippen LogP contribution < -0.4 is 0 Å². The third kappa shape index (κ3) is 3.97. The fourth-order valence-electron chi connectivity index (χ4n) is 2.24. The van der Waals surface area contributed by atoms with Crippen molar-refractivity contribution in [2.24, 2.45) is 5.16 Å². The van der Waals surface area contributed by atoms with E-state index in [4.69, 9.17) is 4.84 Å². The maximum atomic E-state index is 12.2. The van der Waals surface area contributed by atoms with Crippen molar-refractivity contribution in [2.75, 3.05) is 0 Å². The third-order valence-electron chi connectivity index (χ3n) is 3.32. The van der Waals surface area contributed by atoms with E-state index in [0.29, 0.717) is 12.1 Å². The largest absolute Gasteiger partial charge is 0.392 e. The molecule has 106 valence electrons. The minimum absolute atomic E-state index is 0.000673. The van der Waals surface area contributed by atoms with Crippen LogP contribution in [-0.4, -0.2) is 11.8 Å². The van der Waals surface area contributed by atoms with Crippen LogP contribution in [0.4, 0.5) is 4.53 Å². The lowest BCUT2D eigenvalue weighted by molar-refractivity contribution is -0.0727. The van der Waals surface area contributed by atoms with E-state index in [1.807, 2.05) is 6.07 Å². The highest BCUT2D eigenvalue weighted by molar-refractivity contribution is 5.98.